The van der Waals surface area contributed by atoms with Crippen molar-refractivity contribution in [2.24, 2.45) is 0 Å². The number of aromatic nitrogens is 2. The summed E-state index contributed by atoms with van der Waals surface area (Å²) < 4.78 is 2.78. The first-order valence-electron chi connectivity index (χ1n) is 6.24. The fraction of sp³-hybridized carbons (Fsp3) is 0.462. The van der Waals surface area contributed by atoms with E-state index in [0.717, 1.165) is 41.0 Å². The van der Waals surface area contributed by atoms with Gasteiger partial charge < -0.3 is 27.9 Å². The van der Waals surface area contributed by atoms with E-state index in [2.05, 4.69) is 31.6 Å². The zero-order valence-electron chi connectivity index (χ0n) is 12.5. The second kappa shape index (κ2) is 9.20. The standard InChI is InChI=1S/C13H22N5.3ClH/c1-18(2,3)10-6-8-15-13-12(14)11-7-4-5-9-17(11)16-13;;;/h4-5,7,9H,6,8,10,14H2,1-3H3,(H,15,16);3*1H/q+1;;;/p-1. The number of hydrogen-bond donors (Lipinski definition) is 2. The highest BCUT2D eigenvalue weighted by Gasteiger charge is 2.09. The molecule has 2 rings (SSSR count). The van der Waals surface area contributed by atoms with Crippen LogP contribution in [-0.4, -0.2) is 48.3 Å². The van der Waals surface area contributed by atoms with E-state index in [1.54, 1.807) is 4.52 Å². The van der Waals surface area contributed by atoms with Gasteiger partial charge in [-0.1, -0.05) is 6.07 Å². The number of hydrogen-bond acceptors (Lipinski definition) is 3. The number of quaternary nitrogens is 1. The van der Waals surface area contributed by atoms with Gasteiger partial charge in [0.15, 0.2) is 5.82 Å². The second-order valence-electron chi connectivity index (χ2n) is 5.59. The van der Waals surface area contributed by atoms with E-state index in [1.807, 2.05) is 24.4 Å². The van der Waals surface area contributed by atoms with Crippen LogP contribution in [0.5, 0.6) is 0 Å². The molecule has 2 aromatic rings. The van der Waals surface area contributed by atoms with Crippen molar-refractivity contribution in [3.8, 4) is 0 Å². The van der Waals surface area contributed by atoms with E-state index in [9.17, 15) is 0 Å². The average molecular weight is 357 g/mol. The van der Waals surface area contributed by atoms with Crippen molar-refractivity contribution in [3.63, 3.8) is 0 Å². The zero-order chi connectivity index (χ0) is 13.2. The number of halogens is 3. The van der Waals surface area contributed by atoms with Crippen molar-refractivity contribution in [2.75, 3.05) is 45.3 Å². The number of fused-ring (bicyclic) bond motifs is 1. The Balaban J connectivity index is 0. The van der Waals surface area contributed by atoms with Gasteiger partial charge in [0.05, 0.1) is 33.2 Å². The highest BCUT2D eigenvalue weighted by Crippen LogP contribution is 2.22. The summed E-state index contributed by atoms with van der Waals surface area (Å²) in [5, 5.41) is 7.73. The molecule has 0 amide bonds. The number of rotatable bonds is 5. The quantitative estimate of drug-likeness (QED) is 0.549. The Morgan fingerprint density at radius 3 is 2.48 bits per heavy atom. The van der Waals surface area contributed by atoms with Crippen LogP contribution >= 0.6 is 24.8 Å². The Morgan fingerprint density at radius 1 is 1.24 bits per heavy atom. The Kier molecular flexibility index (Phi) is 9.82. The van der Waals surface area contributed by atoms with Gasteiger partial charge in [-0.2, -0.15) is 0 Å². The molecule has 0 atom stereocenters. The van der Waals surface area contributed by atoms with Gasteiger partial charge >= 0.3 is 0 Å². The molecule has 0 radical (unpaired) electrons. The molecule has 3 N–H and O–H groups in total. The number of nitrogens with two attached hydrogens (primary N) is 1. The zero-order valence-corrected chi connectivity index (χ0v) is 14.9. The molecule has 2 heterocycles. The minimum Gasteiger partial charge on any atom is -1.00 e. The van der Waals surface area contributed by atoms with E-state index in [-0.39, 0.29) is 37.2 Å². The van der Waals surface area contributed by atoms with Crippen LogP contribution in [0.1, 0.15) is 6.42 Å². The fourth-order valence-corrected chi connectivity index (χ4v) is 1.91. The lowest BCUT2D eigenvalue weighted by atomic mass is 10.3. The van der Waals surface area contributed by atoms with Crippen LogP contribution in [0.2, 0.25) is 0 Å². The molecular formula is C13H24Cl3N5. The van der Waals surface area contributed by atoms with Gasteiger partial charge in [0, 0.05) is 19.2 Å². The van der Waals surface area contributed by atoms with Crippen LogP contribution in [0.4, 0.5) is 11.5 Å². The molecule has 0 bridgehead atoms. The van der Waals surface area contributed by atoms with Crippen molar-refractivity contribution < 1.29 is 16.9 Å². The summed E-state index contributed by atoms with van der Waals surface area (Å²) in [6, 6.07) is 5.88. The maximum absolute atomic E-state index is 6.06. The van der Waals surface area contributed by atoms with E-state index in [0.29, 0.717) is 0 Å². The Bertz CT molecular complexity index is 536. The van der Waals surface area contributed by atoms with Gasteiger partial charge in [-0.25, -0.2) is 4.52 Å². The number of nitrogen functional groups attached to an aromatic ring is 1. The number of pyridine rings is 1. The normalized spacial score (nSPS) is 10.2. The topological polar surface area (TPSA) is 55.4 Å². The van der Waals surface area contributed by atoms with Gasteiger partial charge in [0.1, 0.15) is 5.69 Å². The first kappa shape index (κ1) is 22.4. The van der Waals surface area contributed by atoms with Crippen molar-refractivity contribution in [1.82, 2.24) is 9.61 Å². The lowest BCUT2D eigenvalue weighted by Crippen LogP contribution is -3.00. The van der Waals surface area contributed by atoms with Crippen LogP contribution in [0.15, 0.2) is 24.4 Å². The summed E-state index contributed by atoms with van der Waals surface area (Å²) in [6.45, 7) is 2.02. The molecule has 0 aliphatic heterocycles. The van der Waals surface area contributed by atoms with Crippen LogP contribution < -0.4 is 23.5 Å². The highest BCUT2D eigenvalue weighted by molar-refractivity contribution is 5.85. The molecular weight excluding hydrogens is 333 g/mol. The lowest BCUT2D eigenvalue weighted by Gasteiger charge is -2.23. The van der Waals surface area contributed by atoms with E-state index in [1.165, 1.54) is 0 Å². The van der Waals surface area contributed by atoms with Crippen molar-refractivity contribution in [1.29, 1.82) is 0 Å². The smallest absolute Gasteiger partial charge is 0.172 e. The van der Waals surface area contributed by atoms with Crippen molar-refractivity contribution in [3.05, 3.63) is 24.4 Å². The Labute approximate surface area is 144 Å². The minimum atomic E-state index is 0. The number of anilines is 2. The van der Waals surface area contributed by atoms with Crippen molar-refractivity contribution in [2.45, 2.75) is 6.42 Å². The van der Waals surface area contributed by atoms with Gasteiger partial charge in [-0.15, -0.1) is 29.9 Å². The van der Waals surface area contributed by atoms with Gasteiger partial charge in [-0.3, -0.25) is 0 Å². The number of nitrogens with zero attached hydrogens (tertiary/aromatic N) is 3. The van der Waals surface area contributed by atoms with E-state index < -0.39 is 0 Å². The first-order valence-corrected chi connectivity index (χ1v) is 6.24. The molecule has 8 heteroatoms. The average Bonchev–Trinajstić information content (AvgIpc) is 2.62. The third kappa shape index (κ3) is 6.18. The van der Waals surface area contributed by atoms with Crippen LogP contribution in [-0.2, 0) is 0 Å². The molecule has 0 saturated carbocycles. The lowest BCUT2D eigenvalue weighted by molar-refractivity contribution is -0.870. The molecule has 0 fully saturated rings. The molecule has 2 aromatic heterocycles. The molecule has 122 valence electrons. The predicted octanol–water partition coefficient (Wildman–Crippen LogP) is -0.728. The number of nitrogens with one attached hydrogen (secondary N) is 1. The summed E-state index contributed by atoms with van der Waals surface area (Å²) >= 11 is 0. The Hall–Kier alpha value is -0.880. The maximum atomic E-state index is 6.06. The maximum Gasteiger partial charge on any atom is 0.172 e. The van der Waals surface area contributed by atoms with Gasteiger partial charge in [-0.05, 0) is 12.1 Å². The van der Waals surface area contributed by atoms with Crippen LogP contribution in [0.3, 0.4) is 0 Å². The van der Waals surface area contributed by atoms with Gasteiger partial charge in [0.25, 0.3) is 0 Å². The summed E-state index contributed by atoms with van der Waals surface area (Å²) in [5.41, 5.74) is 7.73. The summed E-state index contributed by atoms with van der Waals surface area (Å²) in [7, 11) is 6.58. The largest absolute Gasteiger partial charge is 1.00 e. The van der Waals surface area contributed by atoms with E-state index >= 15 is 0 Å². The van der Waals surface area contributed by atoms with Gasteiger partial charge in [0.2, 0.25) is 0 Å². The monoisotopic (exact) mass is 355 g/mol. The van der Waals surface area contributed by atoms with E-state index in [4.69, 9.17) is 5.73 Å². The minimum absolute atomic E-state index is 0. The summed E-state index contributed by atoms with van der Waals surface area (Å²) in [4.78, 5) is 0. The second-order valence-corrected chi connectivity index (χ2v) is 5.59. The molecule has 5 nitrogen and oxygen atoms in total. The molecule has 0 unspecified atom stereocenters. The molecule has 21 heavy (non-hydrogen) atoms. The molecule has 0 saturated heterocycles. The Morgan fingerprint density at radius 2 is 1.90 bits per heavy atom. The summed E-state index contributed by atoms with van der Waals surface area (Å²) in [6.07, 6.45) is 3.00. The molecule has 0 aromatic carbocycles. The first-order chi connectivity index (χ1) is 8.47. The third-order valence-electron chi connectivity index (χ3n) is 2.88. The predicted molar refractivity (Wildman–Crippen MR) is 90.1 cm³/mol. The SMILES string of the molecule is C[N+](C)(C)CCCNc1nn2ccccc2c1N.Cl.Cl.[Cl-]. The fourth-order valence-electron chi connectivity index (χ4n) is 1.91. The molecule has 0 aliphatic rings. The third-order valence-corrected chi connectivity index (χ3v) is 2.88. The molecule has 0 aliphatic carbocycles. The van der Waals surface area contributed by atoms with Crippen LogP contribution in [0.25, 0.3) is 5.52 Å². The summed E-state index contributed by atoms with van der Waals surface area (Å²) in [5.74, 6) is 0.780. The molecule has 0 spiro atoms. The van der Waals surface area contributed by atoms with Crippen LogP contribution in [0, 0.1) is 0 Å². The highest BCUT2D eigenvalue weighted by atomic mass is 35.5. The van der Waals surface area contributed by atoms with Crippen molar-refractivity contribution >= 4 is 41.8 Å².